The number of carbonyl (C=O) groups is 4. The zero-order chi connectivity index (χ0) is 27.6. The molecule has 1 aromatic carbocycles. The van der Waals surface area contributed by atoms with Gasteiger partial charge in [-0.25, -0.2) is 4.98 Å². The SMILES string of the molecule is CN1CCc2nc(C(=O)N[C@@H]3C[C@@H](C(=O)N(C)C)CC[C@@H]3NC(=O)C(=O)Nc3ccc(Cl)c(Cl)c3)sc2C1. The molecule has 0 bridgehead atoms. The molecule has 4 amide bonds. The van der Waals surface area contributed by atoms with Crippen molar-refractivity contribution in [2.75, 3.05) is 33.0 Å². The lowest BCUT2D eigenvalue weighted by Crippen LogP contribution is -2.57. The molecule has 0 radical (unpaired) electrons. The highest BCUT2D eigenvalue weighted by atomic mass is 35.5. The van der Waals surface area contributed by atoms with Gasteiger partial charge in [-0.15, -0.1) is 11.3 Å². The Bertz CT molecular complexity index is 1250. The average Bonchev–Trinajstić information content (AvgIpc) is 3.30. The van der Waals surface area contributed by atoms with Gasteiger partial charge in [-0.05, 0) is 44.5 Å². The number of hydrogen-bond donors (Lipinski definition) is 3. The lowest BCUT2D eigenvalue weighted by Gasteiger charge is -2.37. The number of hydrogen-bond acceptors (Lipinski definition) is 7. The van der Waals surface area contributed by atoms with Crippen molar-refractivity contribution in [3.8, 4) is 0 Å². The van der Waals surface area contributed by atoms with Crippen LogP contribution in [0.15, 0.2) is 18.2 Å². The van der Waals surface area contributed by atoms with Crippen LogP contribution in [0.5, 0.6) is 0 Å². The van der Waals surface area contributed by atoms with E-state index in [9.17, 15) is 19.2 Å². The molecule has 3 atom stereocenters. The first-order valence-corrected chi connectivity index (χ1v) is 13.8. The molecule has 1 saturated carbocycles. The highest BCUT2D eigenvalue weighted by Crippen LogP contribution is 2.29. The minimum Gasteiger partial charge on any atom is -0.349 e. The molecule has 2 aliphatic rings. The molecule has 1 aliphatic carbocycles. The van der Waals surface area contributed by atoms with E-state index in [1.165, 1.54) is 34.4 Å². The van der Waals surface area contributed by atoms with E-state index in [0.29, 0.717) is 35.0 Å². The lowest BCUT2D eigenvalue weighted by molar-refractivity contribution is -0.137. The monoisotopic (exact) mass is 580 g/mol. The first-order chi connectivity index (χ1) is 18.0. The van der Waals surface area contributed by atoms with Gasteiger partial charge in [0.15, 0.2) is 5.01 Å². The smallest absolute Gasteiger partial charge is 0.313 e. The van der Waals surface area contributed by atoms with Gasteiger partial charge in [0.25, 0.3) is 5.91 Å². The molecule has 0 unspecified atom stereocenters. The molecular weight excluding hydrogens is 551 g/mol. The highest BCUT2D eigenvalue weighted by Gasteiger charge is 2.37. The summed E-state index contributed by atoms with van der Waals surface area (Å²) in [5, 5.41) is 9.15. The van der Waals surface area contributed by atoms with Crippen molar-refractivity contribution in [3.05, 3.63) is 43.8 Å². The highest BCUT2D eigenvalue weighted by molar-refractivity contribution is 7.13. The van der Waals surface area contributed by atoms with Crippen molar-refractivity contribution in [2.24, 2.45) is 5.92 Å². The second-order valence-corrected chi connectivity index (χ2v) is 11.8. The van der Waals surface area contributed by atoms with Crippen LogP contribution < -0.4 is 16.0 Å². The second-order valence-electron chi connectivity index (χ2n) is 9.86. The molecule has 38 heavy (non-hydrogen) atoms. The van der Waals surface area contributed by atoms with Crippen molar-refractivity contribution in [2.45, 2.75) is 44.3 Å². The summed E-state index contributed by atoms with van der Waals surface area (Å²) in [6.45, 7) is 1.63. The number of nitrogens with one attached hydrogen (secondary N) is 3. The van der Waals surface area contributed by atoms with Crippen molar-refractivity contribution in [1.82, 2.24) is 25.4 Å². The maximum atomic E-state index is 13.2. The van der Waals surface area contributed by atoms with Crippen LogP contribution in [0.1, 0.15) is 39.6 Å². The molecule has 204 valence electrons. The van der Waals surface area contributed by atoms with Crippen LogP contribution in [0.4, 0.5) is 5.69 Å². The third kappa shape index (κ3) is 6.63. The van der Waals surface area contributed by atoms with Crippen LogP contribution in [-0.4, -0.2) is 78.2 Å². The fraction of sp³-hybridized carbons (Fsp3) is 0.480. The van der Waals surface area contributed by atoms with Gasteiger partial charge in [0.05, 0.1) is 21.8 Å². The zero-order valence-corrected chi connectivity index (χ0v) is 23.7. The number of rotatable bonds is 5. The molecule has 1 fully saturated rings. The van der Waals surface area contributed by atoms with E-state index in [2.05, 4.69) is 25.8 Å². The molecule has 13 heteroatoms. The van der Waals surface area contributed by atoms with Crippen LogP contribution in [0, 0.1) is 5.92 Å². The molecule has 0 saturated heterocycles. The summed E-state index contributed by atoms with van der Waals surface area (Å²) in [5.74, 6) is -2.44. The first kappa shape index (κ1) is 28.3. The Morgan fingerprint density at radius 1 is 1.05 bits per heavy atom. The topological polar surface area (TPSA) is 124 Å². The number of halogens is 2. The lowest BCUT2D eigenvalue weighted by atomic mass is 9.81. The zero-order valence-electron chi connectivity index (χ0n) is 21.3. The predicted octanol–water partition coefficient (Wildman–Crippen LogP) is 2.55. The molecular formula is C25H30Cl2N6O4S. The molecule has 2 aromatic rings. The maximum absolute atomic E-state index is 13.2. The standard InChI is InChI=1S/C25H30Cl2N6O4S/c1-32(2)25(37)13-4-7-17(29-22(35)21(34)28-14-5-6-15(26)16(27)11-14)19(10-13)30-23(36)24-31-18-8-9-33(3)12-20(18)38-24/h5-6,11,13,17,19H,4,7-10,12H2,1-3H3,(H,28,34)(H,29,35)(H,30,36)/t13-,17-,19+/m0/s1. The number of thiazole rings is 1. The third-order valence-corrected chi connectivity index (χ3v) is 8.59. The largest absolute Gasteiger partial charge is 0.349 e. The Hall–Kier alpha value is -2.73. The van der Waals surface area contributed by atoms with E-state index in [0.717, 1.165) is 30.1 Å². The van der Waals surface area contributed by atoms with Crippen molar-refractivity contribution >= 4 is 63.9 Å². The van der Waals surface area contributed by atoms with E-state index in [-0.39, 0.29) is 22.8 Å². The van der Waals surface area contributed by atoms with E-state index >= 15 is 0 Å². The number of amides is 4. The number of benzene rings is 1. The van der Waals surface area contributed by atoms with Gasteiger partial charge in [-0.2, -0.15) is 0 Å². The minimum absolute atomic E-state index is 0.0425. The number of carbonyl (C=O) groups excluding carboxylic acids is 4. The van der Waals surface area contributed by atoms with E-state index < -0.39 is 23.9 Å². The summed E-state index contributed by atoms with van der Waals surface area (Å²) in [6, 6.07) is 3.39. The second kappa shape index (κ2) is 12.0. The summed E-state index contributed by atoms with van der Waals surface area (Å²) < 4.78 is 0. The summed E-state index contributed by atoms with van der Waals surface area (Å²) in [4.78, 5) is 60.5. The fourth-order valence-electron chi connectivity index (χ4n) is 4.74. The van der Waals surface area contributed by atoms with Crippen LogP contribution in [-0.2, 0) is 27.3 Å². The Kier molecular flexibility index (Phi) is 8.92. The van der Waals surface area contributed by atoms with Gasteiger partial charge < -0.3 is 25.8 Å². The van der Waals surface area contributed by atoms with Crippen LogP contribution in [0.2, 0.25) is 10.0 Å². The van der Waals surface area contributed by atoms with Gasteiger partial charge in [0.2, 0.25) is 5.91 Å². The van der Waals surface area contributed by atoms with Gasteiger partial charge in [0, 0.05) is 56.1 Å². The molecule has 1 aromatic heterocycles. The summed E-state index contributed by atoms with van der Waals surface area (Å²) in [5.41, 5.74) is 1.26. The minimum atomic E-state index is -0.878. The first-order valence-electron chi connectivity index (χ1n) is 12.3. The average molecular weight is 582 g/mol. The van der Waals surface area contributed by atoms with Gasteiger partial charge in [-0.3, -0.25) is 19.2 Å². The maximum Gasteiger partial charge on any atom is 0.313 e. The van der Waals surface area contributed by atoms with Gasteiger partial charge >= 0.3 is 11.8 Å². The van der Waals surface area contributed by atoms with Crippen molar-refractivity contribution in [1.29, 1.82) is 0 Å². The van der Waals surface area contributed by atoms with Crippen LogP contribution in [0.3, 0.4) is 0 Å². The number of aromatic nitrogens is 1. The van der Waals surface area contributed by atoms with Crippen LogP contribution >= 0.6 is 34.5 Å². The normalized spacial score (nSPS) is 21.2. The number of anilines is 1. The third-order valence-electron chi connectivity index (χ3n) is 6.77. The van der Waals surface area contributed by atoms with Crippen molar-refractivity contribution < 1.29 is 19.2 Å². The number of likely N-dealkylation sites (N-methyl/N-ethyl adjacent to an activating group) is 1. The molecule has 2 heterocycles. The van der Waals surface area contributed by atoms with E-state index in [1.54, 1.807) is 14.1 Å². The fourth-order valence-corrected chi connectivity index (χ4v) is 6.13. The van der Waals surface area contributed by atoms with Crippen LogP contribution in [0.25, 0.3) is 0 Å². The van der Waals surface area contributed by atoms with Crippen molar-refractivity contribution in [3.63, 3.8) is 0 Å². The van der Waals surface area contributed by atoms with E-state index in [4.69, 9.17) is 23.2 Å². The Morgan fingerprint density at radius 3 is 2.53 bits per heavy atom. The molecule has 3 N–H and O–H groups in total. The predicted molar refractivity (Wildman–Crippen MR) is 146 cm³/mol. The van der Waals surface area contributed by atoms with E-state index in [1.807, 2.05) is 7.05 Å². The molecule has 4 rings (SSSR count). The molecule has 1 aliphatic heterocycles. The summed E-state index contributed by atoms with van der Waals surface area (Å²) in [6.07, 6.45) is 2.04. The van der Waals surface area contributed by atoms with Gasteiger partial charge in [-0.1, -0.05) is 23.2 Å². The molecule has 0 spiro atoms. The van der Waals surface area contributed by atoms with Gasteiger partial charge in [0.1, 0.15) is 0 Å². The Labute approximate surface area is 235 Å². The number of fused-ring (bicyclic) bond motifs is 1. The Balaban J connectivity index is 1.46. The summed E-state index contributed by atoms with van der Waals surface area (Å²) >= 11 is 13.3. The quantitative estimate of drug-likeness (QED) is 0.467. The molecule has 10 nitrogen and oxygen atoms in total. The Morgan fingerprint density at radius 2 is 1.82 bits per heavy atom. The summed E-state index contributed by atoms with van der Waals surface area (Å²) in [7, 11) is 5.40. The number of nitrogens with zero attached hydrogens (tertiary/aromatic N) is 3.